The summed E-state index contributed by atoms with van der Waals surface area (Å²) >= 11 is 0. The third-order valence-electron chi connectivity index (χ3n) is 3.81. The monoisotopic (exact) mass is 228 g/mol. The number of aromatic amines is 1. The summed E-state index contributed by atoms with van der Waals surface area (Å²) in [5.74, 6) is 0.856. The minimum atomic E-state index is 0.856. The molecular formula is C15H20N2. The topological polar surface area (TPSA) is 19.0 Å². The normalized spacial score (nSPS) is 22.1. The lowest BCUT2D eigenvalue weighted by atomic mass is 10.00. The van der Waals surface area contributed by atoms with E-state index >= 15 is 0 Å². The van der Waals surface area contributed by atoms with Crippen molar-refractivity contribution in [1.29, 1.82) is 0 Å². The van der Waals surface area contributed by atoms with Gasteiger partial charge < -0.3 is 4.98 Å². The van der Waals surface area contributed by atoms with E-state index in [1.165, 1.54) is 42.4 Å². The van der Waals surface area contributed by atoms with Crippen molar-refractivity contribution >= 4 is 10.9 Å². The minimum absolute atomic E-state index is 0.856. The fourth-order valence-electron chi connectivity index (χ4n) is 2.93. The number of nitrogens with one attached hydrogen (secondary N) is 1. The fourth-order valence-corrected chi connectivity index (χ4v) is 2.93. The van der Waals surface area contributed by atoms with Crippen LogP contribution in [0.3, 0.4) is 0 Å². The molecule has 0 aliphatic carbocycles. The fraction of sp³-hybridized carbons (Fsp3) is 0.467. The number of fused-ring (bicyclic) bond motifs is 1. The van der Waals surface area contributed by atoms with Crippen molar-refractivity contribution in [3.05, 3.63) is 36.0 Å². The molecule has 1 saturated heterocycles. The second-order valence-electron chi connectivity index (χ2n) is 5.34. The molecule has 0 unspecified atom stereocenters. The third kappa shape index (κ3) is 2.22. The molecule has 3 rings (SSSR count). The van der Waals surface area contributed by atoms with Crippen molar-refractivity contribution in [3.63, 3.8) is 0 Å². The van der Waals surface area contributed by atoms with Gasteiger partial charge in [0.1, 0.15) is 0 Å². The molecule has 2 heteroatoms. The highest BCUT2D eigenvalue weighted by Gasteiger charge is 2.17. The Morgan fingerprint density at radius 2 is 2.24 bits per heavy atom. The molecule has 17 heavy (non-hydrogen) atoms. The number of likely N-dealkylation sites (tertiary alicyclic amines) is 1. The van der Waals surface area contributed by atoms with Crippen LogP contribution in [0.5, 0.6) is 0 Å². The number of H-pyrrole nitrogens is 1. The van der Waals surface area contributed by atoms with E-state index in [1.807, 2.05) is 0 Å². The highest BCUT2D eigenvalue weighted by atomic mass is 15.1. The first-order valence-electron chi connectivity index (χ1n) is 6.60. The first-order valence-corrected chi connectivity index (χ1v) is 6.60. The van der Waals surface area contributed by atoms with Gasteiger partial charge in [-0.25, -0.2) is 0 Å². The summed E-state index contributed by atoms with van der Waals surface area (Å²) in [5, 5.41) is 1.38. The molecule has 2 heterocycles. The van der Waals surface area contributed by atoms with E-state index < -0.39 is 0 Å². The molecule has 0 saturated carbocycles. The largest absolute Gasteiger partial charge is 0.361 e. The van der Waals surface area contributed by atoms with Crippen molar-refractivity contribution in [1.82, 2.24) is 9.88 Å². The maximum atomic E-state index is 3.36. The molecule has 1 aliphatic rings. The zero-order chi connectivity index (χ0) is 11.7. The highest BCUT2D eigenvalue weighted by molar-refractivity contribution is 5.82. The molecule has 1 aromatic carbocycles. The molecule has 0 amide bonds. The van der Waals surface area contributed by atoms with Gasteiger partial charge in [-0.2, -0.15) is 0 Å². The first kappa shape index (κ1) is 10.8. The minimum Gasteiger partial charge on any atom is -0.361 e. The van der Waals surface area contributed by atoms with Crippen LogP contribution in [0.1, 0.15) is 25.3 Å². The summed E-state index contributed by atoms with van der Waals surface area (Å²) < 4.78 is 0. The molecule has 1 atom stereocenters. The summed E-state index contributed by atoms with van der Waals surface area (Å²) in [6, 6.07) is 8.58. The predicted molar refractivity (Wildman–Crippen MR) is 72.0 cm³/mol. The van der Waals surface area contributed by atoms with Crippen molar-refractivity contribution in [2.24, 2.45) is 5.92 Å². The summed E-state index contributed by atoms with van der Waals surface area (Å²) in [6.45, 7) is 5.96. The molecule has 2 aromatic rings. The van der Waals surface area contributed by atoms with Crippen molar-refractivity contribution < 1.29 is 0 Å². The van der Waals surface area contributed by atoms with Crippen LogP contribution in [-0.2, 0) is 6.54 Å². The van der Waals surface area contributed by atoms with Gasteiger partial charge in [0.15, 0.2) is 0 Å². The maximum absolute atomic E-state index is 3.36. The first-order chi connectivity index (χ1) is 8.33. The summed E-state index contributed by atoms with van der Waals surface area (Å²) in [5.41, 5.74) is 2.70. The lowest BCUT2D eigenvalue weighted by Gasteiger charge is -2.30. The van der Waals surface area contributed by atoms with E-state index in [2.05, 4.69) is 47.3 Å². The number of nitrogens with zero attached hydrogens (tertiary/aromatic N) is 1. The van der Waals surface area contributed by atoms with Gasteiger partial charge >= 0.3 is 0 Å². The predicted octanol–water partition coefficient (Wildman–Crippen LogP) is 3.40. The smallest absolute Gasteiger partial charge is 0.0457 e. The molecule has 0 spiro atoms. The van der Waals surface area contributed by atoms with Crippen molar-refractivity contribution in [2.45, 2.75) is 26.3 Å². The molecule has 90 valence electrons. The van der Waals surface area contributed by atoms with Gasteiger partial charge in [0.05, 0.1) is 0 Å². The van der Waals surface area contributed by atoms with Gasteiger partial charge in [-0.3, -0.25) is 4.90 Å². The molecule has 1 aliphatic heterocycles. The van der Waals surface area contributed by atoms with Crippen LogP contribution < -0.4 is 0 Å². The average Bonchev–Trinajstić information content (AvgIpc) is 2.73. The van der Waals surface area contributed by atoms with Crippen LogP contribution in [0, 0.1) is 5.92 Å². The number of para-hydroxylation sites is 1. The Hall–Kier alpha value is -1.28. The van der Waals surface area contributed by atoms with Gasteiger partial charge in [0, 0.05) is 30.2 Å². The molecule has 1 fully saturated rings. The number of rotatable bonds is 2. The van der Waals surface area contributed by atoms with Crippen molar-refractivity contribution in [2.75, 3.05) is 13.1 Å². The van der Waals surface area contributed by atoms with Crippen LogP contribution in [-0.4, -0.2) is 23.0 Å². The van der Waals surface area contributed by atoms with Crippen LogP contribution in [0.2, 0.25) is 0 Å². The van der Waals surface area contributed by atoms with Crippen LogP contribution in [0.25, 0.3) is 10.9 Å². The molecule has 1 aromatic heterocycles. The van der Waals surface area contributed by atoms with E-state index in [-0.39, 0.29) is 0 Å². The Balaban J connectivity index is 1.80. The maximum Gasteiger partial charge on any atom is 0.0457 e. The van der Waals surface area contributed by atoms with Gasteiger partial charge in [0.25, 0.3) is 0 Å². The van der Waals surface area contributed by atoms with Crippen LogP contribution in [0.15, 0.2) is 30.5 Å². The van der Waals surface area contributed by atoms with E-state index in [4.69, 9.17) is 0 Å². The quantitative estimate of drug-likeness (QED) is 0.834. The summed E-state index contributed by atoms with van der Waals surface area (Å²) in [7, 11) is 0. The number of hydrogen-bond donors (Lipinski definition) is 1. The number of hydrogen-bond acceptors (Lipinski definition) is 1. The zero-order valence-electron chi connectivity index (χ0n) is 10.4. The average molecular weight is 228 g/mol. The standard InChI is InChI=1S/C15H20N2/c1-12-5-4-8-17(10-12)11-13-9-16-15-7-3-2-6-14(13)15/h2-3,6-7,9,12,16H,4-5,8,10-11H2,1H3/t12-/m1/s1. The number of piperidine rings is 1. The van der Waals surface area contributed by atoms with E-state index in [9.17, 15) is 0 Å². The molecule has 2 nitrogen and oxygen atoms in total. The molecule has 0 radical (unpaired) electrons. The highest BCUT2D eigenvalue weighted by Crippen LogP contribution is 2.22. The Labute approximate surface area is 103 Å². The van der Waals surface area contributed by atoms with E-state index in [0.29, 0.717) is 0 Å². The van der Waals surface area contributed by atoms with Gasteiger partial charge in [-0.15, -0.1) is 0 Å². The Bertz CT molecular complexity index is 500. The summed E-state index contributed by atoms with van der Waals surface area (Å²) in [6.07, 6.45) is 4.91. The SMILES string of the molecule is C[C@@H]1CCCN(Cc2c[nH]c3ccccc23)C1. The molecular weight excluding hydrogens is 208 g/mol. The number of benzene rings is 1. The van der Waals surface area contributed by atoms with Crippen LogP contribution >= 0.6 is 0 Å². The lowest BCUT2D eigenvalue weighted by Crippen LogP contribution is -2.33. The zero-order valence-corrected chi connectivity index (χ0v) is 10.4. The van der Waals surface area contributed by atoms with Gasteiger partial charge in [-0.05, 0) is 36.9 Å². The Kier molecular flexibility index (Phi) is 2.89. The van der Waals surface area contributed by atoms with E-state index in [1.54, 1.807) is 0 Å². The number of aromatic nitrogens is 1. The lowest BCUT2D eigenvalue weighted by molar-refractivity contribution is 0.177. The summed E-state index contributed by atoms with van der Waals surface area (Å²) in [4.78, 5) is 5.95. The van der Waals surface area contributed by atoms with Crippen LogP contribution in [0.4, 0.5) is 0 Å². The second kappa shape index (κ2) is 4.53. The second-order valence-corrected chi connectivity index (χ2v) is 5.34. The molecule has 1 N–H and O–H groups in total. The van der Waals surface area contributed by atoms with Gasteiger partial charge in [0.2, 0.25) is 0 Å². The Morgan fingerprint density at radius 3 is 3.12 bits per heavy atom. The van der Waals surface area contributed by atoms with E-state index in [0.717, 1.165) is 12.5 Å². The molecule has 0 bridgehead atoms. The van der Waals surface area contributed by atoms with Crippen molar-refractivity contribution in [3.8, 4) is 0 Å². The third-order valence-corrected chi connectivity index (χ3v) is 3.81. The Morgan fingerprint density at radius 1 is 1.35 bits per heavy atom. The van der Waals surface area contributed by atoms with Gasteiger partial charge in [-0.1, -0.05) is 25.1 Å².